The molecule has 2 aromatic heterocycles. The highest BCUT2D eigenvalue weighted by atomic mass is 19.1. The van der Waals surface area contributed by atoms with Gasteiger partial charge >= 0.3 is 0 Å². The number of likely N-dealkylation sites (tertiary alicyclic amines) is 1. The fraction of sp³-hybridized carbons (Fsp3) is 0.360. The molecule has 1 aromatic carbocycles. The van der Waals surface area contributed by atoms with Crippen molar-refractivity contribution in [3.05, 3.63) is 89.8 Å². The monoisotopic (exact) mass is 404 g/mol. The number of pyridine rings is 2. The predicted octanol–water partition coefficient (Wildman–Crippen LogP) is 4.59. The van der Waals surface area contributed by atoms with Gasteiger partial charge in [0.2, 0.25) is 0 Å². The average Bonchev–Trinajstić information content (AvgIpc) is 2.78. The van der Waals surface area contributed by atoms with E-state index in [9.17, 15) is 4.39 Å². The van der Waals surface area contributed by atoms with Gasteiger partial charge in [-0.05, 0) is 80.9 Å². The summed E-state index contributed by atoms with van der Waals surface area (Å²) in [4.78, 5) is 13.9. The molecule has 1 aliphatic heterocycles. The lowest BCUT2D eigenvalue weighted by molar-refractivity contribution is 0.152. The minimum atomic E-state index is -0.203. The molecule has 0 saturated carbocycles. The van der Waals surface area contributed by atoms with Crippen molar-refractivity contribution in [2.75, 3.05) is 31.6 Å². The number of anilines is 1. The number of benzene rings is 1. The SMILES string of the molecule is Cc1ccc(CN2CCC(CN(C)c3ccc(F)cc3)(c3ccccn3)CC2)cn1. The first-order valence-electron chi connectivity index (χ1n) is 10.6. The van der Waals surface area contributed by atoms with Crippen LogP contribution in [0.5, 0.6) is 0 Å². The van der Waals surface area contributed by atoms with Crippen LogP contribution in [0.2, 0.25) is 0 Å². The lowest BCUT2D eigenvalue weighted by Gasteiger charge is -2.44. The van der Waals surface area contributed by atoms with Gasteiger partial charge in [0.1, 0.15) is 5.82 Å². The number of aryl methyl sites for hydroxylation is 1. The molecular weight excluding hydrogens is 375 g/mol. The maximum absolute atomic E-state index is 13.4. The van der Waals surface area contributed by atoms with Gasteiger partial charge in [0.05, 0.1) is 0 Å². The first kappa shape index (κ1) is 20.5. The second-order valence-electron chi connectivity index (χ2n) is 8.41. The van der Waals surface area contributed by atoms with Crippen LogP contribution in [0, 0.1) is 12.7 Å². The zero-order valence-corrected chi connectivity index (χ0v) is 17.8. The second-order valence-corrected chi connectivity index (χ2v) is 8.41. The number of rotatable bonds is 6. The summed E-state index contributed by atoms with van der Waals surface area (Å²) in [6, 6.07) is 17.2. The Labute approximate surface area is 178 Å². The fourth-order valence-corrected chi connectivity index (χ4v) is 4.40. The zero-order valence-electron chi connectivity index (χ0n) is 17.8. The molecule has 1 aliphatic rings. The minimum Gasteiger partial charge on any atom is -0.374 e. The largest absolute Gasteiger partial charge is 0.374 e. The quantitative estimate of drug-likeness (QED) is 0.601. The summed E-state index contributed by atoms with van der Waals surface area (Å²) in [5, 5.41) is 0. The molecule has 3 heterocycles. The number of hydrogen-bond donors (Lipinski definition) is 0. The smallest absolute Gasteiger partial charge is 0.123 e. The van der Waals surface area contributed by atoms with Crippen molar-refractivity contribution in [1.29, 1.82) is 0 Å². The summed E-state index contributed by atoms with van der Waals surface area (Å²) in [5.74, 6) is -0.203. The van der Waals surface area contributed by atoms with Crippen LogP contribution in [-0.4, -0.2) is 41.5 Å². The van der Waals surface area contributed by atoms with Gasteiger partial charge in [-0.25, -0.2) is 4.39 Å². The molecule has 156 valence electrons. The Morgan fingerprint density at radius 1 is 1.00 bits per heavy atom. The van der Waals surface area contributed by atoms with Crippen LogP contribution >= 0.6 is 0 Å². The Morgan fingerprint density at radius 2 is 1.77 bits per heavy atom. The molecule has 0 atom stereocenters. The Hall–Kier alpha value is -2.79. The summed E-state index contributed by atoms with van der Waals surface area (Å²) in [6.07, 6.45) is 5.95. The van der Waals surface area contributed by atoms with E-state index in [2.05, 4.69) is 46.1 Å². The Morgan fingerprint density at radius 3 is 2.40 bits per heavy atom. The molecule has 0 unspecified atom stereocenters. The first-order chi connectivity index (χ1) is 14.5. The summed E-state index contributed by atoms with van der Waals surface area (Å²) in [6.45, 7) is 5.84. The fourth-order valence-electron chi connectivity index (χ4n) is 4.40. The van der Waals surface area contributed by atoms with Gasteiger partial charge in [-0.15, -0.1) is 0 Å². The maximum atomic E-state index is 13.4. The molecular formula is C25H29FN4. The van der Waals surface area contributed by atoms with Crippen LogP contribution in [0.15, 0.2) is 67.0 Å². The Bertz CT molecular complexity index is 933. The third kappa shape index (κ3) is 4.68. The van der Waals surface area contributed by atoms with E-state index >= 15 is 0 Å². The third-order valence-corrected chi connectivity index (χ3v) is 6.21. The van der Waals surface area contributed by atoms with Crippen LogP contribution in [0.25, 0.3) is 0 Å². The third-order valence-electron chi connectivity index (χ3n) is 6.21. The minimum absolute atomic E-state index is 0.0214. The lowest BCUT2D eigenvalue weighted by Crippen LogP contribution is -2.48. The zero-order chi connectivity index (χ0) is 21.0. The van der Waals surface area contributed by atoms with E-state index < -0.39 is 0 Å². The lowest BCUT2D eigenvalue weighted by atomic mass is 9.74. The predicted molar refractivity (Wildman–Crippen MR) is 119 cm³/mol. The van der Waals surface area contributed by atoms with Gasteiger partial charge < -0.3 is 4.90 Å². The van der Waals surface area contributed by atoms with E-state index in [1.165, 1.54) is 17.7 Å². The molecule has 1 saturated heterocycles. The van der Waals surface area contributed by atoms with Crippen LogP contribution < -0.4 is 4.90 Å². The number of piperidine rings is 1. The molecule has 0 aliphatic carbocycles. The van der Waals surface area contributed by atoms with E-state index in [-0.39, 0.29) is 11.2 Å². The number of likely N-dealkylation sites (N-methyl/N-ethyl adjacent to an activating group) is 1. The molecule has 5 heteroatoms. The average molecular weight is 405 g/mol. The Kier molecular flexibility index (Phi) is 6.09. The molecule has 1 fully saturated rings. The molecule has 4 rings (SSSR count). The van der Waals surface area contributed by atoms with E-state index in [1.807, 2.05) is 37.5 Å². The van der Waals surface area contributed by atoms with Gasteiger partial charge in [-0.3, -0.25) is 14.9 Å². The van der Waals surface area contributed by atoms with Crippen molar-refractivity contribution in [2.45, 2.75) is 31.7 Å². The molecule has 0 bridgehead atoms. The number of aromatic nitrogens is 2. The molecule has 3 aromatic rings. The maximum Gasteiger partial charge on any atom is 0.123 e. The molecule has 4 nitrogen and oxygen atoms in total. The molecule has 30 heavy (non-hydrogen) atoms. The van der Waals surface area contributed by atoms with Crippen molar-refractivity contribution >= 4 is 5.69 Å². The van der Waals surface area contributed by atoms with Crippen LogP contribution in [0.3, 0.4) is 0 Å². The van der Waals surface area contributed by atoms with Gasteiger partial charge in [0.25, 0.3) is 0 Å². The number of hydrogen-bond acceptors (Lipinski definition) is 4. The van der Waals surface area contributed by atoms with Gasteiger partial charge in [-0.1, -0.05) is 12.1 Å². The highest BCUT2D eigenvalue weighted by Crippen LogP contribution is 2.36. The summed E-state index contributed by atoms with van der Waals surface area (Å²) in [7, 11) is 2.09. The Balaban J connectivity index is 1.50. The van der Waals surface area contributed by atoms with Gasteiger partial charge in [-0.2, -0.15) is 0 Å². The van der Waals surface area contributed by atoms with Crippen molar-refractivity contribution in [3.8, 4) is 0 Å². The van der Waals surface area contributed by atoms with Crippen molar-refractivity contribution in [1.82, 2.24) is 14.9 Å². The molecule has 0 radical (unpaired) electrons. The van der Waals surface area contributed by atoms with Gasteiger partial charge in [0, 0.05) is 55.0 Å². The van der Waals surface area contributed by atoms with Gasteiger partial charge in [0.15, 0.2) is 0 Å². The number of nitrogens with zero attached hydrogens (tertiary/aromatic N) is 4. The molecule has 0 amide bonds. The summed E-state index contributed by atoms with van der Waals surface area (Å²) in [5.41, 5.74) is 4.46. The highest BCUT2D eigenvalue weighted by Gasteiger charge is 2.38. The highest BCUT2D eigenvalue weighted by molar-refractivity contribution is 5.46. The topological polar surface area (TPSA) is 32.3 Å². The molecule has 0 spiro atoms. The van der Waals surface area contributed by atoms with E-state index in [0.717, 1.165) is 56.1 Å². The normalized spacial score (nSPS) is 16.4. The summed E-state index contributed by atoms with van der Waals surface area (Å²) < 4.78 is 13.4. The standard InChI is InChI=1S/C25H29FN4/c1-20-6-7-21(17-28-20)18-30-15-12-25(13-16-30,24-5-3-4-14-27-24)19-29(2)23-10-8-22(26)9-11-23/h3-11,14,17H,12-13,15-16,18-19H2,1-2H3. The van der Waals surface area contributed by atoms with E-state index in [1.54, 1.807) is 0 Å². The number of halogens is 1. The first-order valence-corrected chi connectivity index (χ1v) is 10.6. The van der Waals surface area contributed by atoms with Crippen LogP contribution in [0.4, 0.5) is 10.1 Å². The van der Waals surface area contributed by atoms with Crippen LogP contribution in [-0.2, 0) is 12.0 Å². The van der Waals surface area contributed by atoms with Crippen molar-refractivity contribution < 1.29 is 4.39 Å². The summed E-state index contributed by atoms with van der Waals surface area (Å²) >= 11 is 0. The van der Waals surface area contributed by atoms with Crippen molar-refractivity contribution in [2.24, 2.45) is 0 Å². The second kappa shape index (κ2) is 8.92. The van der Waals surface area contributed by atoms with E-state index in [4.69, 9.17) is 4.98 Å². The van der Waals surface area contributed by atoms with Crippen molar-refractivity contribution in [3.63, 3.8) is 0 Å². The van der Waals surface area contributed by atoms with E-state index in [0.29, 0.717) is 0 Å². The molecule has 0 N–H and O–H groups in total. The van der Waals surface area contributed by atoms with Crippen LogP contribution in [0.1, 0.15) is 29.8 Å².